The first-order chi connectivity index (χ1) is 9.99. The summed E-state index contributed by atoms with van der Waals surface area (Å²) in [6, 6.07) is 0. The van der Waals surface area contributed by atoms with Crippen LogP contribution in [0.1, 0.15) is 19.3 Å². The van der Waals surface area contributed by atoms with Crippen molar-refractivity contribution in [2.45, 2.75) is 25.4 Å². The molecule has 8 heteroatoms. The maximum Gasteiger partial charge on any atom is 0.253 e. The van der Waals surface area contributed by atoms with Crippen LogP contribution < -0.4 is 5.32 Å². The molecule has 1 aliphatic rings. The average molecular weight is 307 g/mol. The second-order valence-corrected chi connectivity index (χ2v) is 5.05. The Kier molecular flexibility index (Phi) is 5.35. The van der Waals surface area contributed by atoms with Gasteiger partial charge in [-0.3, -0.25) is 0 Å². The highest BCUT2D eigenvalue weighted by molar-refractivity contribution is 5.45. The molecule has 1 aromatic heterocycles. The Morgan fingerprint density at radius 1 is 1.10 bits per heavy atom. The molecule has 0 aliphatic carbocycles. The van der Waals surface area contributed by atoms with Crippen molar-refractivity contribution in [1.29, 1.82) is 0 Å². The number of hydrogen-bond donors (Lipinski definition) is 2. The van der Waals surface area contributed by atoms with Gasteiger partial charge < -0.3 is 15.3 Å². The van der Waals surface area contributed by atoms with E-state index in [-0.39, 0.29) is 12.6 Å². The second kappa shape index (κ2) is 7.04. The topological polar surface area (TPSA) is 48.4 Å². The van der Waals surface area contributed by atoms with Crippen molar-refractivity contribution in [2.24, 2.45) is 0 Å². The van der Waals surface area contributed by atoms with Gasteiger partial charge in [0, 0.05) is 19.6 Å². The molecule has 1 fully saturated rings. The smallest absolute Gasteiger partial charge is 0.253 e. The van der Waals surface area contributed by atoms with E-state index in [0.29, 0.717) is 25.8 Å². The van der Waals surface area contributed by atoms with E-state index < -0.39 is 29.2 Å². The minimum Gasteiger partial charge on any atom is -0.393 e. The molecule has 0 spiro atoms. The van der Waals surface area contributed by atoms with Gasteiger partial charge in [-0.15, -0.1) is 0 Å². The number of anilines is 1. The van der Waals surface area contributed by atoms with Gasteiger partial charge in [0.15, 0.2) is 0 Å². The van der Waals surface area contributed by atoms with E-state index in [1.165, 1.54) is 0 Å². The normalized spacial score (nSPS) is 17.2. The first-order valence-electron chi connectivity index (χ1n) is 6.83. The highest BCUT2D eigenvalue weighted by Gasteiger charge is 2.20. The van der Waals surface area contributed by atoms with Crippen LogP contribution in [0.4, 0.5) is 23.2 Å². The molecule has 21 heavy (non-hydrogen) atoms. The van der Waals surface area contributed by atoms with Gasteiger partial charge in [-0.05, 0) is 25.8 Å². The third kappa shape index (κ3) is 4.04. The van der Waals surface area contributed by atoms with E-state index in [1.807, 2.05) is 0 Å². The molecular formula is C13H17F4N3O. The SMILES string of the molecule is OC1CCN(CCCNc2c(F)c(F)nc(F)c2F)CC1. The fraction of sp³-hybridized carbons (Fsp3) is 0.615. The Hall–Kier alpha value is -1.41. The summed E-state index contributed by atoms with van der Waals surface area (Å²) in [5.41, 5.74) is -0.825. The van der Waals surface area contributed by atoms with E-state index in [9.17, 15) is 22.7 Å². The number of aromatic nitrogens is 1. The number of nitrogens with zero attached hydrogens (tertiary/aromatic N) is 2. The van der Waals surface area contributed by atoms with E-state index in [4.69, 9.17) is 0 Å². The summed E-state index contributed by atoms with van der Waals surface area (Å²) in [5.74, 6) is -6.37. The minimum absolute atomic E-state index is 0.176. The Morgan fingerprint density at radius 2 is 1.67 bits per heavy atom. The summed E-state index contributed by atoms with van der Waals surface area (Å²) in [6.45, 7) is 2.39. The van der Waals surface area contributed by atoms with Gasteiger partial charge >= 0.3 is 0 Å². The van der Waals surface area contributed by atoms with Crippen molar-refractivity contribution in [1.82, 2.24) is 9.88 Å². The Balaban J connectivity index is 1.81. The predicted molar refractivity (Wildman–Crippen MR) is 68.9 cm³/mol. The fourth-order valence-electron chi connectivity index (χ4n) is 2.30. The van der Waals surface area contributed by atoms with Crippen LogP contribution in [0.5, 0.6) is 0 Å². The van der Waals surface area contributed by atoms with Gasteiger partial charge in [-0.1, -0.05) is 0 Å². The maximum absolute atomic E-state index is 13.3. The Labute approximate surface area is 119 Å². The van der Waals surface area contributed by atoms with E-state index in [0.717, 1.165) is 13.1 Å². The zero-order chi connectivity index (χ0) is 15.4. The summed E-state index contributed by atoms with van der Waals surface area (Å²) in [6.07, 6.45) is 1.71. The monoisotopic (exact) mass is 307 g/mol. The van der Waals surface area contributed by atoms with Crippen LogP contribution in [0.15, 0.2) is 0 Å². The number of aliphatic hydroxyl groups excluding tert-OH is 1. The molecular weight excluding hydrogens is 290 g/mol. The van der Waals surface area contributed by atoms with Gasteiger partial charge in [-0.2, -0.15) is 22.5 Å². The highest BCUT2D eigenvalue weighted by atomic mass is 19.2. The first-order valence-corrected chi connectivity index (χ1v) is 6.83. The highest BCUT2D eigenvalue weighted by Crippen LogP contribution is 2.21. The number of rotatable bonds is 5. The largest absolute Gasteiger partial charge is 0.393 e. The van der Waals surface area contributed by atoms with Crippen LogP contribution in [-0.4, -0.2) is 47.3 Å². The number of piperidine rings is 1. The number of hydrogen-bond acceptors (Lipinski definition) is 4. The van der Waals surface area contributed by atoms with Crippen molar-refractivity contribution in [2.75, 3.05) is 31.5 Å². The molecule has 0 atom stereocenters. The summed E-state index contributed by atoms with van der Waals surface area (Å²) in [7, 11) is 0. The molecule has 0 unspecified atom stereocenters. The van der Waals surface area contributed by atoms with Crippen LogP contribution in [0.2, 0.25) is 0 Å². The molecule has 0 radical (unpaired) electrons. The lowest BCUT2D eigenvalue weighted by Crippen LogP contribution is -2.36. The van der Waals surface area contributed by atoms with Gasteiger partial charge in [0.2, 0.25) is 11.6 Å². The number of nitrogens with one attached hydrogen (secondary N) is 1. The molecule has 2 rings (SSSR count). The van der Waals surface area contributed by atoms with Gasteiger partial charge in [0.25, 0.3) is 11.9 Å². The van der Waals surface area contributed by atoms with E-state index >= 15 is 0 Å². The Bertz CT molecular complexity index is 467. The van der Waals surface area contributed by atoms with Crippen LogP contribution in [0.3, 0.4) is 0 Å². The number of likely N-dealkylation sites (tertiary alicyclic amines) is 1. The summed E-state index contributed by atoms with van der Waals surface area (Å²) >= 11 is 0. The lowest BCUT2D eigenvalue weighted by atomic mass is 10.1. The molecule has 0 saturated carbocycles. The zero-order valence-electron chi connectivity index (χ0n) is 11.4. The lowest BCUT2D eigenvalue weighted by Gasteiger charge is -2.29. The van der Waals surface area contributed by atoms with Gasteiger partial charge in [-0.25, -0.2) is 0 Å². The number of aliphatic hydroxyl groups is 1. The molecule has 0 amide bonds. The lowest BCUT2D eigenvalue weighted by molar-refractivity contribution is 0.0825. The van der Waals surface area contributed by atoms with E-state index in [2.05, 4.69) is 15.2 Å². The molecule has 1 aromatic rings. The molecule has 118 valence electrons. The van der Waals surface area contributed by atoms with E-state index in [1.54, 1.807) is 0 Å². The third-order valence-corrected chi connectivity index (χ3v) is 3.51. The molecule has 2 N–H and O–H groups in total. The average Bonchev–Trinajstić information content (AvgIpc) is 2.46. The van der Waals surface area contributed by atoms with Crippen LogP contribution in [0.25, 0.3) is 0 Å². The standard InChI is InChI=1S/C13H17F4N3O/c14-9-11(10(15)13(17)19-12(9)16)18-4-1-5-20-6-2-8(21)3-7-20/h8,21H,1-7H2,(H,18,19). The maximum atomic E-state index is 13.3. The molecule has 1 saturated heterocycles. The molecule has 0 aromatic carbocycles. The minimum atomic E-state index is -1.67. The van der Waals surface area contributed by atoms with Gasteiger partial charge in [0.1, 0.15) is 5.69 Å². The number of pyridine rings is 1. The second-order valence-electron chi connectivity index (χ2n) is 5.05. The summed E-state index contributed by atoms with van der Waals surface area (Å²) < 4.78 is 52.4. The van der Waals surface area contributed by atoms with Crippen molar-refractivity contribution in [3.8, 4) is 0 Å². The molecule has 0 bridgehead atoms. The summed E-state index contributed by atoms with van der Waals surface area (Å²) in [4.78, 5) is 4.61. The Morgan fingerprint density at radius 3 is 2.24 bits per heavy atom. The molecule has 4 nitrogen and oxygen atoms in total. The molecule has 1 aliphatic heterocycles. The van der Waals surface area contributed by atoms with Crippen LogP contribution >= 0.6 is 0 Å². The van der Waals surface area contributed by atoms with Crippen molar-refractivity contribution >= 4 is 5.69 Å². The quantitative estimate of drug-likeness (QED) is 0.495. The van der Waals surface area contributed by atoms with Crippen molar-refractivity contribution in [3.05, 3.63) is 23.5 Å². The predicted octanol–water partition coefficient (Wildman–Crippen LogP) is 1.90. The van der Waals surface area contributed by atoms with Crippen molar-refractivity contribution < 1.29 is 22.7 Å². The van der Waals surface area contributed by atoms with Crippen LogP contribution in [-0.2, 0) is 0 Å². The molecule has 2 heterocycles. The first kappa shape index (κ1) is 16.0. The number of halogens is 4. The zero-order valence-corrected chi connectivity index (χ0v) is 11.4. The third-order valence-electron chi connectivity index (χ3n) is 3.51. The fourth-order valence-corrected chi connectivity index (χ4v) is 2.30. The van der Waals surface area contributed by atoms with Crippen LogP contribution in [0, 0.1) is 23.5 Å². The summed E-state index contributed by atoms with van der Waals surface area (Å²) in [5, 5.41) is 11.7. The van der Waals surface area contributed by atoms with Crippen molar-refractivity contribution in [3.63, 3.8) is 0 Å². The van der Waals surface area contributed by atoms with Gasteiger partial charge in [0.05, 0.1) is 6.10 Å².